The van der Waals surface area contributed by atoms with Gasteiger partial charge in [0, 0.05) is 0 Å². The number of nitriles is 1. The Hall–Kier alpha value is -2.32. The van der Waals surface area contributed by atoms with E-state index in [1.165, 1.54) is 6.07 Å². The van der Waals surface area contributed by atoms with Gasteiger partial charge >= 0.3 is 0 Å². The maximum atomic E-state index is 12.2. The first kappa shape index (κ1) is 14.1. The molecular weight excluding hydrogens is 272 g/mol. The number of nitrogens with one attached hydrogen (secondary N) is 1. The van der Waals surface area contributed by atoms with Crippen molar-refractivity contribution in [2.45, 2.75) is 18.2 Å². The molecule has 0 heterocycles. The van der Waals surface area contributed by atoms with Gasteiger partial charge in [-0.1, -0.05) is 25.1 Å². The minimum absolute atomic E-state index is 0.206. The molecule has 0 aromatic heterocycles. The number of anilines is 1. The van der Waals surface area contributed by atoms with Gasteiger partial charge in [0.05, 0.1) is 22.2 Å². The average molecular weight is 286 g/mol. The van der Waals surface area contributed by atoms with Gasteiger partial charge in [-0.2, -0.15) is 5.26 Å². The third-order valence-electron chi connectivity index (χ3n) is 2.89. The largest absolute Gasteiger partial charge is 0.280 e. The molecule has 0 spiro atoms. The van der Waals surface area contributed by atoms with E-state index < -0.39 is 10.0 Å². The smallest absolute Gasteiger partial charge is 0.261 e. The maximum absolute atomic E-state index is 12.2. The molecule has 0 radical (unpaired) electrons. The van der Waals surface area contributed by atoms with Gasteiger partial charge in [0.25, 0.3) is 10.0 Å². The van der Waals surface area contributed by atoms with Crippen molar-refractivity contribution < 1.29 is 8.42 Å². The lowest BCUT2D eigenvalue weighted by atomic mass is 10.2. The molecule has 0 saturated heterocycles. The summed E-state index contributed by atoms with van der Waals surface area (Å²) < 4.78 is 26.9. The zero-order valence-electron chi connectivity index (χ0n) is 11.0. The lowest BCUT2D eigenvalue weighted by molar-refractivity contribution is 0.601. The highest BCUT2D eigenvalue weighted by atomic mass is 32.2. The number of benzene rings is 2. The second-order valence-corrected chi connectivity index (χ2v) is 5.98. The zero-order valence-corrected chi connectivity index (χ0v) is 11.8. The second kappa shape index (κ2) is 5.76. The third-order valence-corrected chi connectivity index (χ3v) is 4.28. The van der Waals surface area contributed by atoms with E-state index >= 15 is 0 Å². The Morgan fingerprint density at radius 2 is 1.85 bits per heavy atom. The highest BCUT2D eigenvalue weighted by Crippen LogP contribution is 2.17. The van der Waals surface area contributed by atoms with Crippen molar-refractivity contribution in [2.24, 2.45) is 0 Å². The molecule has 0 aliphatic carbocycles. The van der Waals surface area contributed by atoms with E-state index in [1.807, 2.05) is 13.0 Å². The molecule has 5 heteroatoms. The van der Waals surface area contributed by atoms with Gasteiger partial charge < -0.3 is 0 Å². The summed E-state index contributed by atoms with van der Waals surface area (Å²) >= 11 is 0. The predicted molar refractivity (Wildman–Crippen MR) is 77.8 cm³/mol. The first-order valence-electron chi connectivity index (χ1n) is 6.17. The molecule has 0 fully saturated rings. The molecular formula is C15H14N2O2S. The molecule has 0 amide bonds. The van der Waals surface area contributed by atoms with Gasteiger partial charge in [-0.05, 0) is 42.3 Å². The molecule has 2 aromatic rings. The van der Waals surface area contributed by atoms with E-state index in [9.17, 15) is 8.42 Å². The first-order chi connectivity index (χ1) is 9.55. The highest BCUT2D eigenvalue weighted by molar-refractivity contribution is 7.92. The molecule has 2 rings (SSSR count). The van der Waals surface area contributed by atoms with E-state index in [0.717, 1.165) is 12.0 Å². The highest BCUT2D eigenvalue weighted by Gasteiger charge is 2.13. The number of hydrogen-bond acceptors (Lipinski definition) is 3. The molecule has 4 nitrogen and oxygen atoms in total. The van der Waals surface area contributed by atoms with Crippen LogP contribution in [0.15, 0.2) is 53.4 Å². The van der Waals surface area contributed by atoms with Crippen molar-refractivity contribution in [1.29, 1.82) is 5.26 Å². The van der Waals surface area contributed by atoms with Crippen LogP contribution in [0.2, 0.25) is 0 Å². The normalized spacial score (nSPS) is 10.8. The van der Waals surface area contributed by atoms with Crippen LogP contribution in [-0.4, -0.2) is 8.42 Å². The van der Waals surface area contributed by atoms with Gasteiger partial charge in [-0.15, -0.1) is 0 Å². The lowest BCUT2D eigenvalue weighted by Gasteiger charge is -2.08. The molecule has 0 saturated carbocycles. The van der Waals surface area contributed by atoms with Crippen LogP contribution < -0.4 is 4.72 Å². The monoisotopic (exact) mass is 286 g/mol. The zero-order chi connectivity index (χ0) is 14.6. The van der Waals surface area contributed by atoms with Crippen LogP contribution in [-0.2, 0) is 16.4 Å². The van der Waals surface area contributed by atoms with E-state index in [0.29, 0.717) is 11.3 Å². The van der Waals surface area contributed by atoms with Crippen molar-refractivity contribution in [3.8, 4) is 6.07 Å². The van der Waals surface area contributed by atoms with Crippen molar-refractivity contribution in [1.82, 2.24) is 0 Å². The summed E-state index contributed by atoms with van der Waals surface area (Å²) in [5, 5.41) is 8.81. The number of nitrogens with zero attached hydrogens (tertiary/aromatic N) is 1. The van der Waals surface area contributed by atoms with Crippen molar-refractivity contribution >= 4 is 15.7 Å². The van der Waals surface area contributed by atoms with Crippen LogP contribution in [0.25, 0.3) is 0 Å². The summed E-state index contributed by atoms with van der Waals surface area (Å²) in [6.07, 6.45) is 0.859. The van der Waals surface area contributed by atoms with Gasteiger partial charge in [0.15, 0.2) is 0 Å². The van der Waals surface area contributed by atoms with E-state index in [2.05, 4.69) is 4.72 Å². The molecule has 0 atom stereocenters. The Balaban J connectivity index is 2.28. The number of hydrogen-bond donors (Lipinski definition) is 1. The summed E-state index contributed by atoms with van der Waals surface area (Å²) in [5.41, 5.74) is 1.87. The fraction of sp³-hybridized carbons (Fsp3) is 0.133. The van der Waals surface area contributed by atoms with Gasteiger partial charge in [-0.3, -0.25) is 4.72 Å². The summed E-state index contributed by atoms with van der Waals surface area (Å²) in [4.78, 5) is 0.206. The third kappa shape index (κ3) is 3.16. The molecule has 0 unspecified atom stereocenters. The van der Waals surface area contributed by atoms with Gasteiger partial charge in [-0.25, -0.2) is 8.42 Å². The Morgan fingerprint density at radius 1 is 1.15 bits per heavy atom. The quantitative estimate of drug-likeness (QED) is 0.939. The topological polar surface area (TPSA) is 70.0 Å². The van der Waals surface area contributed by atoms with Crippen LogP contribution in [0, 0.1) is 11.3 Å². The van der Waals surface area contributed by atoms with Crippen molar-refractivity contribution in [2.75, 3.05) is 4.72 Å². The second-order valence-electron chi connectivity index (χ2n) is 4.30. The number of sulfonamides is 1. The molecule has 2 aromatic carbocycles. The van der Waals surface area contributed by atoms with E-state index in [4.69, 9.17) is 5.26 Å². The molecule has 0 bridgehead atoms. The number of rotatable bonds is 4. The Kier molecular flexibility index (Phi) is 4.06. The van der Waals surface area contributed by atoms with Gasteiger partial charge in [0.1, 0.15) is 0 Å². The molecule has 20 heavy (non-hydrogen) atoms. The van der Waals surface area contributed by atoms with Crippen LogP contribution in [0.4, 0.5) is 5.69 Å². The maximum Gasteiger partial charge on any atom is 0.261 e. The van der Waals surface area contributed by atoms with Crippen LogP contribution in [0.5, 0.6) is 0 Å². The number of aryl methyl sites for hydroxylation is 1. The van der Waals surface area contributed by atoms with Crippen LogP contribution in [0.1, 0.15) is 18.1 Å². The van der Waals surface area contributed by atoms with E-state index in [1.54, 1.807) is 42.5 Å². The molecule has 0 aliphatic heterocycles. The first-order valence-corrected chi connectivity index (χ1v) is 7.65. The standard InChI is InChI=1S/C15H14N2O2S/c1-2-12-6-8-15(9-7-12)20(18,19)17-14-5-3-4-13(10-14)11-16/h3-10,17H,2H2,1H3. The lowest BCUT2D eigenvalue weighted by Crippen LogP contribution is -2.13. The van der Waals surface area contributed by atoms with Crippen LogP contribution in [0.3, 0.4) is 0 Å². The van der Waals surface area contributed by atoms with Crippen molar-refractivity contribution in [3.05, 3.63) is 59.7 Å². The Labute approximate surface area is 118 Å². The van der Waals surface area contributed by atoms with Crippen molar-refractivity contribution in [3.63, 3.8) is 0 Å². The molecule has 1 N–H and O–H groups in total. The average Bonchev–Trinajstić information content (AvgIpc) is 2.47. The van der Waals surface area contributed by atoms with E-state index in [-0.39, 0.29) is 4.90 Å². The Bertz CT molecular complexity index is 744. The Morgan fingerprint density at radius 3 is 2.45 bits per heavy atom. The van der Waals surface area contributed by atoms with Crippen LogP contribution >= 0.6 is 0 Å². The predicted octanol–water partition coefficient (Wildman–Crippen LogP) is 2.92. The minimum Gasteiger partial charge on any atom is -0.280 e. The fourth-order valence-electron chi connectivity index (χ4n) is 1.77. The summed E-state index contributed by atoms with van der Waals surface area (Å²) in [6, 6.07) is 15.1. The van der Waals surface area contributed by atoms with Gasteiger partial charge in [0.2, 0.25) is 0 Å². The summed E-state index contributed by atoms with van der Waals surface area (Å²) in [5.74, 6) is 0. The SMILES string of the molecule is CCc1ccc(S(=O)(=O)Nc2cccc(C#N)c2)cc1. The molecule has 102 valence electrons. The molecule has 0 aliphatic rings. The summed E-state index contributed by atoms with van der Waals surface area (Å²) in [7, 11) is -3.62. The minimum atomic E-state index is -3.62. The summed E-state index contributed by atoms with van der Waals surface area (Å²) in [6.45, 7) is 2.01. The fourth-order valence-corrected chi connectivity index (χ4v) is 2.82.